The fraction of sp³-hybridized carbons (Fsp3) is 0.650. The summed E-state index contributed by atoms with van der Waals surface area (Å²) in [4.78, 5) is 14.7. The van der Waals surface area contributed by atoms with Gasteiger partial charge in [-0.25, -0.2) is 8.42 Å². The summed E-state index contributed by atoms with van der Waals surface area (Å²) in [5.74, 6) is 0.00926. The lowest BCUT2D eigenvalue weighted by molar-refractivity contribution is -0.131. The molecule has 2 aliphatic rings. The second kappa shape index (κ2) is 9.35. The van der Waals surface area contributed by atoms with Gasteiger partial charge in [-0.15, -0.1) is 0 Å². The summed E-state index contributed by atoms with van der Waals surface area (Å²) in [7, 11) is -3.70. The molecule has 1 aromatic carbocycles. The molecule has 2 aliphatic heterocycles. The van der Waals surface area contributed by atoms with Crippen molar-refractivity contribution >= 4 is 15.9 Å². The Labute approximate surface area is 168 Å². The van der Waals surface area contributed by atoms with E-state index in [1.165, 1.54) is 4.31 Å². The third kappa shape index (κ3) is 5.11. The molecule has 7 nitrogen and oxygen atoms in total. The largest absolute Gasteiger partial charge is 0.377 e. The van der Waals surface area contributed by atoms with Gasteiger partial charge in [0, 0.05) is 52.3 Å². The van der Waals surface area contributed by atoms with Crippen LogP contribution < -0.4 is 5.32 Å². The third-order valence-electron chi connectivity index (χ3n) is 5.44. The molecule has 2 fully saturated rings. The molecule has 0 radical (unpaired) electrons. The van der Waals surface area contributed by atoms with Gasteiger partial charge >= 0.3 is 0 Å². The SMILES string of the molecule is Cc1ccc(C)c(S(=O)(=O)N(CCC(=O)N2CCNCC2)C[C@@H]2CCCO2)c1. The van der Waals surface area contributed by atoms with Crippen molar-refractivity contribution in [3.05, 3.63) is 29.3 Å². The number of carbonyl (C=O) groups excluding carboxylic acids is 1. The third-order valence-corrected chi connectivity index (χ3v) is 7.44. The first kappa shape index (κ1) is 21.2. The minimum absolute atomic E-state index is 0.00926. The predicted octanol–water partition coefficient (Wildman–Crippen LogP) is 1.30. The topological polar surface area (TPSA) is 79.0 Å². The molecule has 1 N–H and O–H groups in total. The molecule has 0 aliphatic carbocycles. The maximum atomic E-state index is 13.4. The standard InChI is InChI=1S/C20H31N3O4S/c1-16-5-6-17(2)19(14-16)28(25,26)23(15-18-4-3-13-27-18)10-7-20(24)22-11-8-21-9-12-22/h5-6,14,18,21H,3-4,7-13,15H2,1-2H3/t18-/m0/s1. The zero-order chi connectivity index (χ0) is 20.1. The van der Waals surface area contributed by atoms with Crippen LogP contribution in [0.4, 0.5) is 0 Å². The summed E-state index contributed by atoms with van der Waals surface area (Å²) >= 11 is 0. The average molecular weight is 410 g/mol. The van der Waals surface area contributed by atoms with E-state index in [0.717, 1.165) is 37.1 Å². The van der Waals surface area contributed by atoms with Gasteiger partial charge in [0.25, 0.3) is 0 Å². The summed E-state index contributed by atoms with van der Waals surface area (Å²) in [5.41, 5.74) is 1.62. The molecular weight excluding hydrogens is 378 g/mol. The van der Waals surface area contributed by atoms with Gasteiger partial charge in [-0.3, -0.25) is 4.79 Å². The summed E-state index contributed by atoms with van der Waals surface area (Å²) in [5, 5.41) is 3.22. The van der Waals surface area contributed by atoms with Crippen molar-refractivity contribution in [2.75, 3.05) is 45.9 Å². The van der Waals surface area contributed by atoms with Crippen LogP contribution in [0, 0.1) is 13.8 Å². The molecule has 2 saturated heterocycles. The van der Waals surface area contributed by atoms with E-state index < -0.39 is 10.0 Å². The number of nitrogens with one attached hydrogen (secondary N) is 1. The number of aryl methyl sites for hydroxylation is 2. The van der Waals surface area contributed by atoms with Crippen molar-refractivity contribution in [1.82, 2.24) is 14.5 Å². The number of amides is 1. The molecule has 8 heteroatoms. The van der Waals surface area contributed by atoms with Gasteiger partial charge in [-0.2, -0.15) is 4.31 Å². The van der Waals surface area contributed by atoms with Crippen LogP contribution in [-0.4, -0.2) is 75.5 Å². The number of hydrogen-bond acceptors (Lipinski definition) is 5. The number of rotatable bonds is 7. The zero-order valence-corrected chi connectivity index (χ0v) is 17.6. The Morgan fingerprint density at radius 3 is 2.71 bits per heavy atom. The van der Waals surface area contributed by atoms with Gasteiger partial charge in [0.05, 0.1) is 11.0 Å². The van der Waals surface area contributed by atoms with E-state index in [-0.39, 0.29) is 25.0 Å². The summed E-state index contributed by atoms with van der Waals surface area (Å²) in [6.07, 6.45) is 1.89. The first-order valence-electron chi connectivity index (χ1n) is 10.1. The number of sulfonamides is 1. The maximum absolute atomic E-state index is 13.4. The second-order valence-corrected chi connectivity index (χ2v) is 9.55. The number of nitrogens with zero attached hydrogens (tertiary/aromatic N) is 2. The van der Waals surface area contributed by atoms with Gasteiger partial charge in [0.15, 0.2) is 0 Å². The van der Waals surface area contributed by atoms with Crippen molar-refractivity contribution in [2.24, 2.45) is 0 Å². The molecule has 0 spiro atoms. The minimum Gasteiger partial charge on any atom is -0.377 e. The lowest BCUT2D eigenvalue weighted by Crippen LogP contribution is -2.47. The predicted molar refractivity (Wildman–Crippen MR) is 108 cm³/mol. The van der Waals surface area contributed by atoms with E-state index in [1.54, 1.807) is 6.07 Å². The molecule has 0 aromatic heterocycles. The average Bonchev–Trinajstić information content (AvgIpc) is 3.20. The number of carbonyl (C=O) groups is 1. The summed E-state index contributed by atoms with van der Waals surface area (Å²) in [6, 6.07) is 5.45. The molecule has 0 bridgehead atoms. The Morgan fingerprint density at radius 2 is 2.04 bits per heavy atom. The quantitative estimate of drug-likeness (QED) is 0.734. The number of hydrogen-bond donors (Lipinski definition) is 1. The van der Waals surface area contributed by atoms with Crippen LogP contribution in [-0.2, 0) is 19.6 Å². The fourth-order valence-corrected chi connectivity index (χ4v) is 5.52. The van der Waals surface area contributed by atoms with Crippen molar-refractivity contribution in [3.63, 3.8) is 0 Å². The first-order chi connectivity index (χ1) is 13.4. The molecule has 1 amide bonds. The molecule has 0 unspecified atom stereocenters. The highest BCUT2D eigenvalue weighted by Crippen LogP contribution is 2.24. The molecule has 156 valence electrons. The number of piperazine rings is 1. The molecule has 0 saturated carbocycles. The van der Waals surface area contributed by atoms with Crippen molar-refractivity contribution in [2.45, 2.75) is 44.1 Å². The zero-order valence-electron chi connectivity index (χ0n) is 16.8. The van der Waals surface area contributed by atoms with E-state index in [4.69, 9.17) is 4.74 Å². The smallest absolute Gasteiger partial charge is 0.243 e. The highest BCUT2D eigenvalue weighted by molar-refractivity contribution is 7.89. The van der Waals surface area contributed by atoms with E-state index in [2.05, 4.69) is 5.32 Å². The van der Waals surface area contributed by atoms with Crippen LogP contribution >= 0.6 is 0 Å². The van der Waals surface area contributed by atoms with Crippen LogP contribution in [0.25, 0.3) is 0 Å². The Bertz CT molecular complexity index is 785. The van der Waals surface area contributed by atoms with Crippen molar-refractivity contribution in [1.29, 1.82) is 0 Å². The fourth-order valence-electron chi connectivity index (χ4n) is 3.74. The first-order valence-corrected chi connectivity index (χ1v) is 11.5. The van der Waals surface area contributed by atoms with Crippen molar-refractivity contribution in [3.8, 4) is 0 Å². The lowest BCUT2D eigenvalue weighted by atomic mass is 10.2. The van der Waals surface area contributed by atoms with Crippen LogP contribution in [0.15, 0.2) is 23.1 Å². The molecular formula is C20H31N3O4S. The van der Waals surface area contributed by atoms with Gasteiger partial charge < -0.3 is 15.0 Å². The molecule has 1 aromatic rings. The van der Waals surface area contributed by atoms with Crippen molar-refractivity contribution < 1.29 is 17.9 Å². The van der Waals surface area contributed by atoms with Crippen LogP contribution in [0.5, 0.6) is 0 Å². The van der Waals surface area contributed by atoms with E-state index in [1.807, 2.05) is 30.9 Å². The highest BCUT2D eigenvalue weighted by atomic mass is 32.2. The Morgan fingerprint density at radius 1 is 1.29 bits per heavy atom. The lowest BCUT2D eigenvalue weighted by Gasteiger charge is -2.29. The summed E-state index contributed by atoms with van der Waals surface area (Å²) < 4.78 is 34.0. The van der Waals surface area contributed by atoms with E-state index >= 15 is 0 Å². The molecule has 28 heavy (non-hydrogen) atoms. The maximum Gasteiger partial charge on any atom is 0.243 e. The van der Waals surface area contributed by atoms with Gasteiger partial charge in [0.1, 0.15) is 0 Å². The van der Waals surface area contributed by atoms with Gasteiger partial charge in [-0.05, 0) is 43.9 Å². The van der Waals surface area contributed by atoms with Crippen LogP contribution in [0.1, 0.15) is 30.4 Å². The van der Waals surface area contributed by atoms with E-state index in [0.29, 0.717) is 31.1 Å². The molecule has 3 rings (SSSR count). The minimum atomic E-state index is -3.70. The number of ether oxygens (including phenoxy) is 1. The van der Waals surface area contributed by atoms with Gasteiger partial charge in [-0.1, -0.05) is 12.1 Å². The van der Waals surface area contributed by atoms with Crippen LogP contribution in [0.2, 0.25) is 0 Å². The van der Waals surface area contributed by atoms with Gasteiger partial charge in [0.2, 0.25) is 15.9 Å². The Balaban J connectivity index is 1.77. The molecule has 2 heterocycles. The monoisotopic (exact) mass is 409 g/mol. The van der Waals surface area contributed by atoms with E-state index in [9.17, 15) is 13.2 Å². The normalized spacial score (nSPS) is 20.7. The Kier molecular flexibility index (Phi) is 7.09. The van der Waals surface area contributed by atoms with Crippen LogP contribution in [0.3, 0.4) is 0 Å². The molecule has 1 atom stereocenters. The number of benzene rings is 1. The summed E-state index contributed by atoms with van der Waals surface area (Å²) in [6.45, 7) is 7.75. The second-order valence-electron chi connectivity index (χ2n) is 7.65. The highest BCUT2D eigenvalue weighted by Gasteiger charge is 2.31. The Hall–Kier alpha value is -1.48.